The number of hydrogen-bond acceptors (Lipinski definition) is 6. The minimum Gasteiger partial charge on any atom is -0.480 e. The van der Waals surface area contributed by atoms with Crippen LogP contribution in [0.25, 0.3) is 10.2 Å². The smallest absolute Gasteiger partial charge is 0.321 e. The summed E-state index contributed by atoms with van der Waals surface area (Å²) < 4.78 is -0.0613. The highest BCUT2D eigenvalue weighted by Gasteiger charge is 2.32. The Kier molecular flexibility index (Phi) is 4.17. The molecule has 0 aliphatic heterocycles. The van der Waals surface area contributed by atoms with E-state index in [0.29, 0.717) is 21.8 Å². The number of carboxylic acids is 1. The normalized spacial score (nSPS) is 13.6. The van der Waals surface area contributed by atoms with Crippen LogP contribution in [0.4, 0.5) is 0 Å². The number of H-pyrrole nitrogens is 1. The molecule has 0 fully saturated rings. The summed E-state index contributed by atoms with van der Waals surface area (Å²) in [6.45, 7) is 3.52. The van der Waals surface area contributed by atoms with E-state index >= 15 is 0 Å². The summed E-state index contributed by atoms with van der Waals surface area (Å²) in [5.74, 6) is -0.122. The number of hydrogen-bond donors (Lipinski definition) is 3. The van der Waals surface area contributed by atoms with Crippen LogP contribution >= 0.6 is 23.1 Å². The Labute approximate surface area is 123 Å². The van der Waals surface area contributed by atoms with Crippen LogP contribution in [0.2, 0.25) is 0 Å². The first kappa shape index (κ1) is 15.0. The Morgan fingerprint density at radius 1 is 1.65 bits per heavy atom. The Hall–Kier alpha value is -1.38. The fraction of sp³-hybridized carbons (Fsp3) is 0.417. The molecule has 2 rings (SSSR count). The van der Waals surface area contributed by atoms with Crippen molar-refractivity contribution in [1.29, 1.82) is 0 Å². The molecule has 0 amide bonds. The van der Waals surface area contributed by atoms with Gasteiger partial charge in [0.05, 0.1) is 11.3 Å². The van der Waals surface area contributed by atoms with Gasteiger partial charge in [0.25, 0.3) is 5.56 Å². The zero-order valence-electron chi connectivity index (χ0n) is 11.0. The predicted octanol–water partition coefficient (Wildman–Crippen LogP) is 1.41. The Morgan fingerprint density at radius 2 is 2.35 bits per heavy atom. The second-order valence-corrected chi connectivity index (χ2v) is 7.40. The SMILES string of the molecule is CC(C)(SCc1nc2ccsc2c(=O)[nH]1)[C@H](N)C(=O)O. The zero-order chi connectivity index (χ0) is 14.9. The molecule has 4 N–H and O–H groups in total. The van der Waals surface area contributed by atoms with E-state index < -0.39 is 16.8 Å². The topological polar surface area (TPSA) is 109 Å². The first-order chi connectivity index (χ1) is 9.31. The van der Waals surface area contributed by atoms with Gasteiger partial charge in [0.15, 0.2) is 0 Å². The van der Waals surface area contributed by atoms with Gasteiger partial charge in [-0.25, -0.2) is 4.98 Å². The number of rotatable bonds is 5. The van der Waals surface area contributed by atoms with Crippen molar-refractivity contribution in [2.75, 3.05) is 0 Å². The van der Waals surface area contributed by atoms with Gasteiger partial charge in [-0.2, -0.15) is 0 Å². The lowest BCUT2D eigenvalue weighted by atomic mass is 10.1. The van der Waals surface area contributed by atoms with Crippen LogP contribution in [0, 0.1) is 0 Å². The molecule has 0 aliphatic rings. The number of nitrogens with one attached hydrogen (secondary N) is 1. The molecule has 0 saturated carbocycles. The number of aliphatic carboxylic acids is 1. The first-order valence-electron chi connectivity index (χ1n) is 5.90. The third-order valence-corrected chi connectivity index (χ3v) is 5.28. The largest absolute Gasteiger partial charge is 0.480 e. The minimum atomic E-state index is -1.04. The molecule has 0 aliphatic carbocycles. The van der Waals surface area contributed by atoms with E-state index in [9.17, 15) is 9.59 Å². The first-order valence-corrected chi connectivity index (χ1v) is 7.76. The number of nitrogens with two attached hydrogens (primary N) is 1. The lowest BCUT2D eigenvalue weighted by Gasteiger charge is -2.27. The molecule has 20 heavy (non-hydrogen) atoms. The second-order valence-electron chi connectivity index (χ2n) is 4.86. The van der Waals surface area contributed by atoms with Crippen LogP contribution in [0.1, 0.15) is 19.7 Å². The van der Waals surface area contributed by atoms with Crippen LogP contribution in [0.5, 0.6) is 0 Å². The van der Waals surface area contributed by atoms with Crippen LogP contribution in [0.3, 0.4) is 0 Å². The maximum Gasteiger partial charge on any atom is 0.321 e. The number of aromatic nitrogens is 2. The van der Waals surface area contributed by atoms with Crippen molar-refractivity contribution < 1.29 is 9.90 Å². The standard InChI is InChI=1S/C12H15N3O3S2/c1-12(2,9(13)11(17)18)20-5-7-14-6-3-4-19-8(6)10(16)15-7/h3-4,9H,5,13H2,1-2H3,(H,17,18)(H,14,15,16)/t9-/m1/s1. The summed E-state index contributed by atoms with van der Waals surface area (Å²) in [6, 6.07) is 0.807. The number of fused-ring (bicyclic) bond motifs is 1. The van der Waals surface area contributed by atoms with Crippen molar-refractivity contribution in [2.45, 2.75) is 30.4 Å². The van der Waals surface area contributed by atoms with Gasteiger partial charge in [-0.05, 0) is 25.3 Å². The molecule has 2 aromatic rings. The minimum absolute atomic E-state index is 0.166. The van der Waals surface area contributed by atoms with Crippen LogP contribution in [0.15, 0.2) is 16.2 Å². The van der Waals surface area contributed by atoms with Crippen LogP contribution in [-0.4, -0.2) is 31.8 Å². The number of aromatic amines is 1. The van der Waals surface area contributed by atoms with Gasteiger partial charge in [0.2, 0.25) is 0 Å². The summed E-state index contributed by atoms with van der Waals surface area (Å²) in [7, 11) is 0. The van der Waals surface area contributed by atoms with Crippen molar-refractivity contribution in [2.24, 2.45) is 5.73 Å². The van der Waals surface area contributed by atoms with Crippen LogP contribution in [-0.2, 0) is 10.5 Å². The zero-order valence-corrected chi connectivity index (χ0v) is 12.7. The van der Waals surface area contributed by atoms with Crippen LogP contribution < -0.4 is 11.3 Å². The van der Waals surface area contributed by atoms with E-state index in [1.807, 2.05) is 5.38 Å². The maximum absolute atomic E-state index is 11.8. The summed E-state index contributed by atoms with van der Waals surface area (Å²) in [5.41, 5.74) is 6.15. The monoisotopic (exact) mass is 313 g/mol. The third kappa shape index (κ3) is 3.02. The highest BCUT2D eigenvalue weighted by molar-refractivity contribution is 7.99. The molecule has 2 heterocycles. The quantitative estimate of drug-likeness (QED) is 0.770. The van der Waals surface area contributed by atoms with E-state index in [1.54, 1.807) is 19.9 Å². The molecule has 108 valence electrons. The van der Waals surface area contributed by atoms with Crippen molar-refractivity contribution in [3.05, 3.63) is 27.6 Å². The summed E-state index contributed by atoms with van der Waals surface area (Å²) >= 11 is 2.70. The van der Waals surface area contributed by atoms with Gasteiger partial charge in [0, 0.05) is 4.75 Å². The molecule has 0 unspecified atom stereocenters. The molecule has 2 aromatic heterocycles. The molecule has 1 atom stereocenters. The van der Waals surface area contributed by atoms with E-state index in [2.05, 4.69) is 9.97 Å². The number of carbonyl (C=O) groups is 1. The van der Waals surface area contributed by atoms with Crippen molar-refractivity contribution >= 4 is 39.3 Å². The molecule has 6 nitrogen and oxygen atoms in total. The molecule has 8 heteroatoms. The highest BCUT2D eigenvalue weighted by Crippen LogP contribution is 2.30. The molecule has 0 bridgehead atoms. The van der Waals surface area contributed by atoms with Crippen molar-refractivity contribution in [3.63, 3.8) is 0 Å². The van der Waals surface area contributed by atoms with Gasteiger partial charge in [0.1, 0.15) is 16.6 Å². The lowest BCUT2D eigenvalue weighted by molar-refractivity contribution is -0.139. The Morgan fingerprint density at radius 3 is 3.00 bits per heavy atom. The van der Waals surface area contributed by atoms with Gasteiger partial charge < -0.3 is 15.8 Å². The fourth-order valence-corrected chi connectivity index (χ4v) is 3.28. The van der Waals surface area contributed by atoms with Gasteiger partial charge in [-0.1, -0.05) is 0 Å². The lowest BCUT2D eigenvalue weighted by Crippen LogP contribution is -2.46. The Balaban J connectivity index is 2.17. The van der Waals surface area contributed by atoms with E-state index in [0.717, 1.165) is 0 Å². The van der Waals surface area contributed by atoms with Crippen molar-refractivity contribution in [1.82, 2.24) is 9.97 Å². The second kappa shape index (κ2) is 5.55. The molecular formula is C12H15N3O3S2. The van der Waals surface area contributed by atoms with Crippen molar-refractivity contribution in [3.8, 4) is 0 Å². The van der Waals surface area contributed by atoms with E-state index in [4.69, 9.17) is 10.8 Å². The summed E-state index contributed by atoms with van der Waals surface area (Å²) in [4.78, 5) is 29.8. The average Bonchev–Trinajstić information content (AvgIpc) is 2.84. The fourth-order valence-electron chi connectivity index (χ4n) is 1.63. The van der Waals surface area contributed by atoms with Gasteiger partial charge in [-0.3, -0.25) is 9.59 Å². The highest BCUT2D eigenvalue weighted by atomic mass is 32.2. The number of nitrogens with zero attached hydrogens (tertiary/aromatic N) is 1. The Bertz CT molecular complexity index is 693. The summed E-state index contributed by atoms with van der Waals surface area (Å²) in [5, 5.41) is 10.8. The average molecular weight is 313 g/mol. The molecule has 0 saturated heterocycles. The maximum atomic E-state index is 11.8. The van der Waals surface area contributed by atoms with E-state index in [-0.39, 0.29) is 5.56 Å². The molecular weight excluding hydrogens is 298 g/mol. The number of carboxylic acid groups (broad SMARTS) is 1. The summed E-state index contributed by atoms with van der Waals surface area (Å²) in [6.07, 6.45) is 0. The third-order valence-electron chi connectivity index (χ3n) is 2.96. The molecule has 0 radical (unpaired) electrons. The molecule has 0 spiro atoms. The molecule has 0 aromatic carbocycles. The van der Waals surface area contributed by atoms with Gasteiger partial charge in [-0.15, -0.1) is 23.1 Å². The number of thiophene rings is 1. The van der Waals surface area contributed by atoms with E-state index in [1.165, 1.54) is 23.1 Å². The van der Waals surface area contributed by atoms with Gasteiger partial charge >= 0.3 is 5.97 Å². The predicted molar refractivity (Wildman–Crippen MR) is 81.2 cm³/mol. The number of thioether (sulfide) groups is 1.